The van der Waals surface area contributed by atoms with Crippen LogP contribution in [0.4, 0.5) is 5.69 Å². The van der Waals surface area contributed by atoms with Crippen molar-refractivity contribution in [1.29, 1.82) is 0 Å². The van der Waals surface area contributed by atoms with Crippen molar-refractivity contribution in [2.75, 3.05) is 7.05 Å². The highest BCUT2D eigenvalue weighted by molar-refractivity contribution is 7.89. The van der Waals surface area contributed by atoms with Crippen molar-refractivity contribution in [2.24, 2.45) is 5.92 Å². The van der Waals surface area contributed by atoms with Gasteiger partial charge in [0.25, 0.3) is 5.69 Å². The number of likely N-dealkylation sites (N-methyl/N-ethyl adjacent to an activating group) is 1. The van der Waals surface area contributed by atoms with Gasteiger partial charge in [0.1, 0.15) is 12.1 Å². The Labute approximate surface area is 192 Å². The molecule has 0 aromatic heterocycles. The van der Waals surface area contributed by atoms with E-state index in [1.54, 1.807) is 44.2 Å². The van der Waals surface area contributed by atoms with E-state index in [2.05, 4.69) is 5.32 Å². The van der Waals surface area contributed by atoms with E-state index in [1.165, 1.54) is 12.1 Å². The molecule has 178 valence electrons. The molecule has 0 aliphatic carbocycles. The Morgan fingerprint density at radius 1 is 1.09 bits per heavy atom. The summed E-state index contributed by atoms with van der Waals surface area (Å²) in [6.07, 6.45) is 0.0941. The maximum absolute atomic E-state index is 13.3. The first kappa shape index (κ1) is 25.9. The first-order valence-electron chi connectivity index (χ1n) is 10.2. The molecule has 2 aromatic carbocycles. The highest BCUT2D eigenvalue weighted by Crippen LogP contribution is 2.27. The van der Waals surface area contributed by atoms with Gasteiger partial charge >= 0.3 is 5.97 Å². The summed E-state index contributed by atoms with van der Waals surface area (Å²) in [5, 5.41) is 23.3. The molecule has 0 aliphatic rings. The van der Waals surface area contributed by atoms with Crippen LogP contribution in [0.2, 0.25) is 0 Å². The lowest BCUT2D eigenvalue weighted by Crippen LogP contribution is -2.53. The largest absolute Gasteiger partial charge is 0.480 e. The van der Waals surface area contributed by atoms with Gasteiger partial charge in [0.2, 0.25) is 15.9 Å². The average Bonchev–Trinajstić information content (AvgIpc) is 2.76. The lowest BCUT2D eigenvalue weighted by molar-refractivity contribution is -0.387. The minimum Gasteiger partial charge on any atom is -0.480 e. The van der Waals surface area contributed by atoms with E-state index in [0.717, 1.165) is 23.5 Å². The van der Waals surface area contributed by atoms with Gasteiger partial charge in [-0.2, -0.15) is 4.31 Å². The molecule has 0 bridgehead atoms. The summed E-state index contributed by atoms with van der Waals surface area (Å²) >= 11 is 0. The molecule has 2 N–H and O–H groups in total. The van der Waals surface area contributed by atoms with Gasteiger partial charge in [0.15, 0.2) is 4.90 Å². The quantitative estimate of drug-likeness (QED) is 0.373. The number of carbonyl (C=O) groups excluding carboxylic acids is 1. The maximum Gasteiger partial charge on any atom is 0.326 e. The Morgan fingerprint density at radius 3 is 2.21 bits per heavy atom. The van der Waals surface area contributed by atoms with Crippen molar-refractivity contribution in [3.8, 4) is 0 Å². The number of sulfonamides is 1. The molecule has 0 saturated carbocycles. The average molecular weight is 478 g/mol. The minimum atomic E-state index is -4.47. The van der Waals surface area contributed by atoms with Crippen LogP contribution in [-0.4, -0.2) is 53.8 Å². The van der Waals surface area contributed by atoms with Crippen LogP contribution in [-0.2, 0) is 26.0 Å². The van der Waals surface area contributed by atoms with Crippen LogP contribution in [0.25, 0.3) is 0 Å². The van der Waals surface area contributed by atoms with E-state index >= 15 is 0 Å². The van der Waals surface area contributed by atoms with Crippen LogP contribution in [0.3, 0.4) is 0 Å². The fraction of sp³-hybridized carbons (Fsp3) is 0.364. The molecule has 0 spiro atoms. The molecular formula is C22H27N3O7S. The highest BCUT2D eigenvalue weighted by atomic mass is 32.2. The lowest BCUT2D eigenvalue weighted by Gasteiger charge is -2.28. The van der Waals surface area contributed by atoms with E-state index < -0.39 is 49.5 Å². The maximum atomic E-state index is 13.3. The second-order valence-electron chi connectivity index (χ2n) is 7.98. The predicted octanol–water partition coefficient (Wildman–Crippen LogP) is 2.44. The van der Waals surface area contributed by atoms with Crippen molar-refractivity contribution in [2.45, 2.75) is 43.7 Å². The van der Waals surface area contributed by atoms with Crippen LogP contribution in [0.5, 0.6) is 0 Å². The van der Waals surface area contributed by atoms with Crippen LogP contribution in [0.1, 0.15) is 25.8 Å². The van der Waals surface area contributed by atoms with Gasteiger partial charge in [-0.25, -0.2) is 13.2 Å². The number of para-hydroxylation sites is 1. The zero-order valence-electron chi connectivity index (χ0n) is 18.5. The van der Waals surface area contributed by atoms with Crippen LogP contribution in [0.15, 0.2) is 59.5 Å². The molecule has 11 heteroatoms. The third kappa shape index (κ3) is 6.59. The van der Waals surface area contributed by atoms with Crippen LogP contribution >= 0.6 is 0 Å². The number of nitrogens with zero attached hydrogens (tertiary/aromatic N) is 2. The molecule has 0 unspecified atom stereocenters. The number of hydrogen-bond acceptors (Lipinski definition) is 6. The SMILES string of the molecule is CC(C)C[C@H](NC(=O)[C@@H](Cc1ccccc1)N(C)S(=O)(=O)c1ccccc1[N+](=O)[O-])C(=O)O. The van der Waals surface area contributed by atoms with E-state index in [0.29, 0.717) is 5.56 Å². The van der Waals surface area contributed by atoms with Gasteiger partial charge in [-0.1, -0.05) is 56.3 Å². The molecular weight excluding hydrogens is 450 g/mol. The Bertz CT molecular complexity index is 1100. The zero-order chi connectivity index (χ0) is 24.8. The number of nitro groups is 1. The molecule has 10 nitrogen and oxygen atoms in total. The van der Waals surface area contributed by atoms with Gasteiger partial charge in [-0.15, -0.1) is 0 Å². The van der Waals surface area contributed by atoms with Gasteiger partial charge in [0, 0.05) is 13.1 Å². The summed E-state index contributed by atoms with van der Waals surface area (Å²) < 4.78 is 27.4. The summed E-state index contributed by atoms with van der Waals surface area (Å²) in [6, 6.07) is 10.9. The van der Waals surface area contributed by atoms with E-state index in [1.807, 2.05) is 0 Å². The van der Waals surface area contributed by atoms with Crippen molar-refractivity contribution in [3.05, 3.63) is 70.3 Å². The van der Waals surface area contributed by atoms with Crippen molar-refractivity contribution in [1.82, 2.24) is 9.62 Å². The predicted molar refractivity (Wildman–Crippen MR) is 121 cm³/mol. The van der Waals surface area contributed by atoms with Crippen LogP contribution < -0.4 is 5.32 Å². The summed E-state index contributed by atoms with van der Waals surface area (Å²) in [5.74, 6) is -2.08. The molecule has 33 heavy (non-hydrogen) atoms. The minimum absolute atomic E-state index is 0.0348. The lowest BCUT2D eigenvalue weighted by atomic mass is 10.0. The number of hydrogen-bond donors (Lipinski definition) is 2. The summed E-state index contributed by atoms with van der Waals surface area (Å²) in [5.41, 5.74) is 0.0180. The summed E-state index contributed by atoms with van der Waals surface area (Å²) in [6.45, 7) is 3.60. The normalized spacial score (nSPS) is 13.5. The number of rotatable bonds is 11. The number of amides is 1. The third-order valence-corrected chi connectivity index (χ3v) is 6.97. The van der Waals surface area contributed by atoms with Gasteiger partial charge in [-0.3, -0.25) is 14.9 Å². The number of nitro benzene ring substituents is 1. The fourth-order valence-electron chi connectivity index (χ4n) is 3.33. The van der Waals surface area contributed by atoms with Crippen LogP contribution in [0, 0.1) is 16.0 Å². The summed E-state index contributed by atoms with van der Waals surface area (Å²) in [7, 11) is -3.32. The molecule has 0 radical (unpaired) electrons. The molecule has 2 atom stereocenters. The van der Waals surface area contributed by atoms with E-state index in [9.17, 15) is 33.2 Å². The van der Waals surface area contributed by atoms with Crippen molar-refractivity contribution >= 4 is 27.6 Å². The molecule has 0 saturated heterocycles. The monoisotopic (exact) mass is 477 g/mol. The number of carboxylic acids is 1. The zero-order valence-corrected chi connectivity index (χ0v) is 19.4. The third-order valence-electron chi connectivity index (χ3n) is 5.05. The number of carboxylic acid groups (broad SMARTS) is 1. The first-order valence-corrected chi connectivity index (χ1v) is 11.7. The standard InChI is InChI=1S/C22H27N3O7S/c1-15(2)13-17(22(27)28)23-21(26)19(14-16-9-5-4-6-10-16)24(3)33(31,32)20-12-8-7-11-18(20)25(29)30/h4-12,15,17,19H,13-14H2,1-3H3,(H,23,26)(H,27,28)/t17-,19+/m0/s1. The second-order valence-corrected chi connectivity index (χ2v) is 9.95. The Hall–Kier alpha value is -3.31. The molecule has 0 aliphatic heterocycles. The number of nitrogens with one attached hydrogen (secondary N) is 1. The van der Waals surface area contributed by atoms with Gasteiger partial charge < -0.3 is 10.4 Å². The Kier molecular flexibility index (Phi) is 8.66. The molecule has 2 rings (SSSR count). The summed E-state index contributed by atoms with van der Waals surface area (Å²) in [4.78, 5) is 34.8. The first-order chi connectivity index (χ1) is 15.4. The molecule has 2 aromatic rings. The van der Waals surface area contributed by atoms with E-state index in [-0.39, 0.29) is 18.8 Å². The molecule has 0 fully saturated rings. The molecule has 0 heterocycles. The number of benzene rings is 2. The number of carbonyl (C=O) groups is 2. The highest BCUT2D eigenvalue weighted by Gasteiger charge is 2.38. The molecule has 1 amide bonds. The van der Waals surface area contributed by atoms with Gasteiger partial charge in [-0.05, 0) is 30.4 Å². The Balaban J connectivity index is 2.47. The Morgan fingerprint density at radius 2 is 1.67 bits per heavy atom. The van der Waals surface area contributed by atoms with E-state index in [4.69, 9.17) is 0 Å². The smallest absolute Gasteiger partial charge is 0.326 e. The fourth-order valence-corrected chi connectivity index (χ4v) is 4.81. The van der Waals surface area contributed by atoms with Crippen molar-refractivity contribution < 1.29 is 28.0 Å². The van der Waals surface area contributed by atoms with Crippen molar-refractivity contribution in [3.63, 3.8) is 0 Å². The second kappa shape index (κ2) is 11.0. The topological polar surface area (TPSA) is 147 Å². The number of aliphatic carboxylic acids is 1. The van der Waals surface area contributed by atoms with Gasteiger partial charge in [0.05, 0.1) is 4.92 Å².